The lowest BCUT2D eigenvalue weighted by atomic mass is 9.76. The van der Waals surface area contributed by atoms with Gasteiger partial charge in [-0.2, -0.15) is 0 Å². The van der Waals surface area contributed by atoms with Crippen LogP contribution in [0, 0.1) is 11.8 Å². The van der Waals surface area contributed by atoms with Gasteiger partial charge in [0.05, 0.1) is 12.7 Å². The van der Waals surface area contributed by atoms with Crippen LogP contribution in [-0.4, -0.2) is 36.1 Å². The van der Waals surface area contributed by atoms with Crippen molar-refractivity contribution in [3.8, 4) is 5.75 Å². The summed E-state index contributed by atoms with van der Waals surface area (Å²) in [4.78, 5) is 14.9. The summed E-state index contributed by atoms with van der Waals surface area (Å²) in [6.07, 6.45) is 4.35. The first-order valence-electron chi connectivity index (χ1n) is 12.7. The standard InChI is InChI=1S/C29H38ClNO3/c1-19(2)26-16-23(25-13-5-6-14-27(25)30)17-34-29(26)22-11-8-12-24(15-22)33-18-28(32)31-20(3)9-7-10-21(31)4/h5-6,8,11-15,19-21,23,26,29H,7,9-10,16-18H2,1-4H3/t20-,21-,23+,26+,29+/m1/s1. The number of halogens is 1. The van der Waals surface area contributed by atoms with Crippen LogP contribution >= 0.6 is 11.6 Å². The molecule has 1 amide bonds. The molecule has 34 heavy (non-hydrogen) atoms. The summed E-state index contributed by atoms with van der Waals surface area (Å²) in [6.45, 7) is 9.51. The molecule has 0 spiro atoms. The highest BCUT2D eigenvalue weighted by Crippen LogP contribution is 2.45. The predicted molar refractivity (Wildman–Crippen MR) is 137 cm³/mol. The smallest absolute Gasteiger partial charge is 0.260 e. The summed E-state index contributed by atoms with van der Waals surface area (Å²) >= 11 is 6.49. The van der Waals surface area contributed by atoms with Crippen molar-refractivity contribution in [2.45, 2.75) is 77.5 Å². The van der Waals surface area contributed by atoms with Crippen molar-refractivity contribution in [3.63, 3.8) is 0 Å². The first-order chi connectivity index (χ1) is 16.3. The number of carbonyl (C=O) groups excluding carboxylic acids is 1. The Morgan fingerprint density at radius 3 is 2.56 bits per heavy atom. The summed E-state index contributed by atoms with van der Waals surface area (Å²) in [6, 6.07) is 16.7. The van der Waals surface area contributed by atoms with Crippen LogP contribution in [0.5, 0.6) is 5.75 Å². The Balaban J connectivity index is 1.44. The Hall–Kier alpha value is -2.04. The van der Waals surface area contributed by atoms with E-state index in [0.717, 1.165) is 35.6 Å². The fourth-order valence-electron chi connectivity index (χ4n) is 5.77. The monoisotopic (exact) mass is 483 g/mol. The number of ether oxygens (including phenoxy) is 2. The fraction of sp³-hybridized carbons (Fsp3) is 0.552. The Kier molecular flexibility index (Phi) is 8.21. The van der Waals surface area contributed by atoms with E-state index in [0.29, 0.717) is 24.4 Å². The average Bonchev–Trinajstić information content (AvgIpc) is 2.83. The molecule has 0 radical (unpaired) electrons. The third-order valence-corrected chi connectivity index (χ3v) is 8.00. The molecule has 2 heterocycles. The fourth-order valence-corrected chi connectivity index (χ4v) is 6.06. The third kappa shape index (κ3) is 5.60. The maximum absolute atomic E-state index is 12.9. The molecular formula is C29H38ClNO3. The van der Waals surface area contributed by atoms with Crippen LogP contribution in [0.3, 0.4) is 0 Å². The van der Waals surface area contributed by atoms with Crippen molar-refractivity contribution in [1.29, 1.82) is 0 Å². The van der Waals surface area contributed by atoms with Gasteiger partial charge in [0.2, 0.25) is 0 Å². The predicted octanol–water partition coefficient (Wildman–Crippen LogP) is 7.03. The summed E-state index contributed by atoms with van der Waals surface area (Å²) in [7, 11) is 0. The van der Waals surface area contributed by atoms with Crippen molar-refractivity contribution in [1.82, 2.24) is 4.90 Å². The van der Waals surface area contributed by atoms with E-state index >= 15 is 0 Å². The van der Waals surface area contributed by atoms with E-state index in [-0.39, 0.29) is 30.7 Å². The summed E-state index contributed by atoms with van der Waals surface area (Å²) in [5, 5.41) is 0.814. The van der Waals surface area contributed by atoms with E-state index in [1.165, 1.54) is 12.0 Å². The van der Waals surface area contributed by atoms with Gasteiger partial charge in [0.1, 0.15) is 5.75 Å². The van der Waals surface area contributed by atoms with Crippen molar-refractivity contribution >= 4 is 17.5 Å². The molecular weight excluding hydrogens is 446 g/mol. The van der Waals surface area contributed by atoms with Gasteiger partial charge in [-0.3, -0.25) is 4.79 Å². The first-order valence-corrected chi connectivity index (χ1v) is 13.1. The second-order valence-electron chi connectivity index (χ2n) is 10.4. The Labute approximate surface area is 209 Å². The van der Waals surface area contributed by atoms with Gasteiger partial charge in [0.15, 0.2) is 6.61 Å². The van der Waals surface area contributed by atoms with Crippen molar-refractivity contribution in [3.05, 3.63) is 64.7 Å². The molecule has 0 bridgehead atoms. The average molecular weight is 484 g/mol. The molecule has 2 fully saturated rings. The van der Waals surface area contributed by atoms with Crippen molar-refractivity contribution in [2.24, 2.45) is 11.8 Å². The van der Waals surface area contributed by atoms with Gasteiger partial charge < -0.3 is 14.4 Å². The topological polar surface area (TPSA) is 38.8 Å². The molecule has 4 nitrogen and oxygen atoms in total. The van der Waals surface area contributed by atoms with Gasteiger partial charge in [0.25, 0.3) is 5.91 Å². The number of piperidine rings is 1. The van der Waals surface area contributed by atoms with Gasteiger partial charge in [-0.1, -0.05) is 55.8 Å². The number of nitrogens with zero attached hydrogens (tertiary/aromatic N) is 1. The minimum absolute atomic E-state index is 0.000119. The maximum Gasteiger partial charge on any atom is 0.260 e. The van der Waals surface area contributed by atoms with Crippen LogP contribution < -0.4 is 4.74 Å². The van der Waals surface area contributed by atoms with E-state index in [4.69, 9.17) is 21.1 Å². The van der Waals surface area contributed by atoms with Crippen LogP contribution in [0.25, 0.3) is 0 Å². The highest BCUT2D eigenvalue weighted by molar-refractivity contribution is 6.31. The lowest BCUT2D eigenvalue weighted by molar-refractivity contribution is -0.139. The number of amides is 1. The van der Waals surface area contributed by atoms with Gasteiger partial charge in [-0.05, 0) is 80.7 Å². The lowest BCUT2D eigenvalue weighted by Gasteiger charge is -2.39. The van der Waals surface area contributed by atoms with Gasteiger partial charge in [-0.15, -0.1) is 0 Å². The molecule has 2 aliphatic heterocycles. The van der Waals surface area contributed by atoms with E-state index in [1.807, 2.05) is 41.3 Å². The van der Waals surface area contributed by atoms with Crippen LogP contribution in [0.4, 0.5) is 0 Å². The van der Waals surface area contributed by atoms with E-state index in [1.54, 1.807) is 0 Å². The number of rotatable bonds is 6. The quantitative estimate of drug-likeness (QED) is 0.442. The number of hydrogen-bond donors (Lipinski definition) is 0. The number of carbonyl (C=O) groups is 1. The lowest BCUT2D eigenvalue weighted by Crippen LogP contribution is -2.49. The van der Waals surface area contributed by atoms with Crippen LogP contribution in [0.2, 0.25) is 5.02 Å². The molecule has 0 aliphatic carbocycles. The number of hydrogen-bond acceptors (Lipinski definition) is 3. The molecule has 2 aromatic carbocycles. The molecule has 4 rings (SSSR count). The van der Waals surface area contributed by atoms with Crippen LogP contribution in [0.1, 0.15) is 76.5 Å². The van der Waals surface area contributed by atoms with E-state index in [9.17, 15) is 4.79 Å². The summed E-state index contributed by atoms with van der Waals surface area (Å²) in [5.74, 6) is 1.91. The van der Waals surface area contributed by atoms with Gasteiger partial charge in [-0.25, -0.2) is 0 Å². The zero-order valence-electron chi connectivity index (χ0n) is 20.9. The SMILES string of the molecule is CC(C)[C@@H]1C[C@H](c2ccccc2Cl)CO[C@H]1c1cccc(OCC(=O)N2[C@H](C)CCC[C@H]2C)c1. The normalized spacial score (nSPS) is 27.6. The zero-order valence-corrected chi connectivity index (χ0v) is 21.6. The molecule has 184 valence electrons. The Morgan fingerprint density at radius 2 is 1.85 bits per heavy atom. The highest BCUT2D eigenvalue weighted by Gasteiger charge is 2.36. The minimum Gasteiger partial charge on any atom is -0.484 e. The first kappa shape index (κ1) is 25.1. The van der Waals surface area contributed by atoms with Crippen LogP contribution in [-0.2, 0) is 9.53 Å². The zero-order chi connectivity index (χ0) is 24.2. The highest BCUT2D eigenvalue weighted by atomic mass is 35.5. The molecule has 5 atom stereocenters. The molecule has 0 N–H and O–H groups in total. The molecule has 0 aromatic heterocycles. The van der Waals surface area contributed by atoms with E-state index < -0.39 is 0 Å². The van der Waals surface area contributed by atoms with E-state index in [2.05, 4.69) is 39.8 Å². The van der Waals surface area contributed by atoms with Crippen molar-refractivity contribution < 1.29 is 14.3 Å². The summed E-state index contributed by atoms with van der Waals surface area (Å²) < 4.78 is 12.5. The van der Waals surface area contributed by atoms with Gasteiger partial charge >= 0.3 is 0 Å². The Morgan fingerprint density at radius 1 is 1.12 bits per heavy atom. The molecule has 0 saturated carbocycles. The number of likely N-dealkylation sites (tertiary alicyclic amines) is 1. The summed E-state index contributed by atoms with van der Waals surface area (Å²) in [5.41, 5.74) is 2.28. The Bertz CT molecular complexity index is 967. The second-order valence-corrected chi connectivity index (χ2v) is 10.8. The van der Waals surface area contributed by atoms with Crippen molar-refractivity contribution in [2.75, 3.05) is 13.2 Å². The van der Waals surface area contributed by atoms with Gasteiger partial charge in [0, 0.05) is 23.0 Å². The maximum atomic E-state index is 12.9. The minimum atomic E-state index is 0.000119. The molecule has 2 aliphatic rings. The van der Waals surface area contributed by atoms with Crippen LogP contribution in [0.15, 0.2) is 48.5 Å². The largest absolute Gasteiger partial charge is 0.484 e. The molecule has 5 heteroatoms. The third-order valence-electron chi connectivity index (χ3n) is 7.65. The molecule has 2 saturated heterocycles. The molecule has 0 unspecified atom stereocenters. The second kappa shape index (κ2) is 11.1. The number of benzene rings is 2. The molecule has 2 aromatic rings.